The molecule has 0 aliphatic rings. The molecule has 1 heterocycles. The molecule has 1 aromatic rings. The van der Waals surface area contributed by atoms with Crippen LogP contribution in [0.2, 0.25) is 5.02 Å². The molecule has 0 saturated carbocycles. The van der Waals surface area contributed by atoms with Gasteiger partial charge in [0.15, 0.2) is 0 Å². The molecule has 0 amide bonds. The maximum absolute atomic E-state index is 7.38. The number of hydrogen-bond acceptors (Lipinski definition) is 3. The van der Waals surface area contributed by atoms with E-state index in [2.05, 4.69) is 18.8 Å². The molecule has 1 aromatic heterocycles. The molecule has 88 valence electrons. The number of halogens is 1. The summed E-state index contributed by atoms with van der Waals surface area (Å²) in [5.74, 6) is 1.59. The number of nitrogens with one attached hydrogen (secondary N) is 1. The number of pyridine rings is 1. The fraction of sp³-hybridized carbons (Fsp3) is 0.455. The molecule has 0 aliphatic heterocycles. The summed E-state index contributed by atoms with van der Waals surface area (Å²) in [5.41, 5.74) is 5.99. The summed E-state index contributed by atoms with van der Waals surface area (Å²) >= 11 is 7.74. The van der Waals surface area contributed by atoms with Crippen LogP contribution < -0.4 is 5.73 Å². The van der Waals surface area contributed by atoms with Gasteiger partial charge >= 0.3 is 0 Å². The third-order valence-electron chi connectivity index (χ3n) is 2.35. The molecule has 5 heteroatoms. The van der Waals surface area contributed by atoms with E-state index in [9.17, 15) is 0 Å². The lowest BCUT2D eigenvalue weighted by Gasteiger charge is -2.09. The molecule has 0 aliphatic carbocycles. The minimum absolute atomic E-state index is 0.0159. The van der Waals surface area contributed by atoms with Gasteiger partial charge in [0.05, 0.1) is 5.02 Å². The van der Waals surface area contributed by atoms with E-state index in [0.29, 0.717) is 16.5 Å². The first kappa shape index (κ1) is 13.3. The summed E-state index contributed by atoms with van der Waals surface area (Å²) < 4.78 is 0. The van der Waals surface area contributed by atoms with Crippen molar-refractivity contribution in [2.45, 2.75) is 25.3 Å². The van der Waals surface area contributed by atoms with Crippen molar-refractivity contribution >= 4 is 29.2 Å². The van der Waals surface area contributed by atoms with Crippen molar-refractivity contribution < 1.29 is 0 Å². The maximum atomic E-state index is 7.38. The monoisotopic (exact) mass is 257 g/mol. The van der Waals surface area contributed by atoms with Crippen molar-refractivity contribution in [1.29, 1.82) is 5.41 Å². The highest BCUT2D eigenvalue weighted by atomic mass is 35.5. The highest BCUT2D eigenvalue weighted by molar-refractivity contribution is 7.99. The van der Waals surface area contributed by atoms with Crippen LogP contribution in [0.1, 0.15) is 25.8 Å². The van der Waals surface area contributed by atoms with Gasteiger partial charge < -0.3 is 5.73 Å². The number of thioether (sulfide) groups is 1. The Morgan fingerprint density at radius 2 is 2.38 bits per heavy atom. The van der Waals surface area contributed by atoms with E-state index in [0.717, 1.165) is 17.2 Å². The molecule has 0 aromatic carbocycles. The van der Waals surface area contributed by atoms with Gasteiger partial charge in [-0.3, -0.25) is 5.41 Å². The molecular formula is C11H16ClN3S. The Balaban J connectivity index is 2.81. The van der Waals surface area contributed by atoms with Gasteiger partial charge in [0.1, 0.15) is 10.9 Å². The molecule has 0 radical (unpaired) electrons. The molecule has 0 bridgehead atoms. The van der Waals surface area contributed by atoms with E-state index >= 15 is 0 Å². The van der Waals surface area contributed by atoms with E-state index in [1.54, 1.807) is 24.0 Å². The predicted octanol–water partition coefficient (Wildman–Crippen LogP) is 3.16. The molecule has 0 fully saturated rings. The van der Waals surface area contributed by atoms with Gasteiger partial charge in [-0.15, -0.1) is 11.8 Å². The van der Waals surface area contributed by atoms with E-state index in [1.807, 2.05) is 0 Å². The minimum Gasteiger partial charge on any atom is -0.384 e. The number of rotatable bonds is 5. The van der Waals surface area contributed by atoms with E-state index in [-0.39, 0.29) is 5.84 Å². The predicted molar refractivity (Wildman–Crippen MR) is 70.4 cm³/mol. The number of nitrogen functional groups attached to an aromatic ring is 1. The number of amidine groups is 1. The van der Waals surface area contributed by atoms with Crippen LogP contribution >= 0.6 is 23.4 Å². The Labute approximate surface area is 105 Å². The highest BCUT2D eigenvalue weighted by Crippen LogP contribution is 2.29. The molecule has 16 heavy (non-hydrogen) atoms. The number of hydrogen-bond donors (Lipinski definition) is 2. The topological polar surface area (TPSA) is 62.8 Å². The van der Waals surface area contributed by atoms with Gasteiger partial charge in [-0.2, -0.15) is 0 Å². The molecule has 1 unspecified atom stereocenters. The molecule has 3 N–H and O–H groups in total. The van der Waals surface area contributed by atoms with Crippen molar-refractivity contribution in [3.05, 3.63) is 22.8 Å². The van der Waals surface area contributed by atoms with Crippen molar-refractivity contribution in [3.8, 4) is 0 Å². The standard InChI is InChI=1S/C11H16ClN3S/c1-3-7(2)6-16-11-9(12)8(10(13)14)4-5-15-11/h4-5,7H,3,6H2,1-2H3,(H3,13,14). The third-order valence-corrected chi connectivity index (χ3v) is 4.16. The van der Waals surface area contributed by atoms with Crippen LogP contribution in [0.25, 0.3) is 0 Å². The Bertz CT molecular complexity index is 381. The van der Waals surface area contributed by atoms with E-state index < -0.39 is 0 Å². The summed E-state index contributed by atoms with van der Waals surface area (Å²) in [7, 11) is 0. The summed E-state index contributed by atoms with van der Waals surface area (Å²) in [5, 5.41) is 8.63. The van der Waals surface area contributed by atoms with Crippen LogP contribution in [0.4, 0.5) is 0 Å². The first-order valence-corrected chi connectivity index (χ1v) is 6.54. The van der Waals surface area contributed by atoms with E-state index in [4.69, 9.17) is 22.7 Å². The lowest BCUT2D eigenvalue weighted by molar-refractivity contribution is 0.636. The molecule has 1 atom stereocenters. The first-order chi connectivity index (χ1) is 7.56. The Hall–Kier alpha value is -0.740. The average molecular weight is 258 g/mol. The van der Waals surface area contributed by atoms with Crippen molar-refractivity contribution in [2.75, 3.05) is 5.75 Å². The van der Waals surface area contributed by atoms with Gasteiger partial charge in [-0.05, 0) is 12.0 Å². The zero-order valence-corrected chi connectivity index (χ0v) is 11.0. The second kappa shape index (κ2) is 6.11. The van der Waals surface area contributed by atoms with Crippen molar-refractivity contribution in [2.24, 2.45) is 11.7 Å². The minimum atomic E-state index is -0.0159. The fourth-order valence-corrected chi connectivity index (χ4v) is 2.50. The van der Waals surface area contributed by atoms with Gasteiger partial charge in [-0.1, -0.05) is 31.9 Å². The summed E-state index contributed by atoms with van der Waals surface area (Å²) in [6, 6.07) is 1.66. The zero-order valence-electron chi connectivity index (χ0n) is 9.46. The van der Waals surface area contributed by atoms with Crippen LogP contribution in [-0.2, 0) is 0 Å². The maximum Gasteiger partial charge on any atom is 0.124 e. The fourth-order valence-electron chi connectivity index (χ4n) is 1.07. The first-order valence-electron chi connectivity index (χ1n) is 5.18. The van der Waals surface area contributed by atoms with E-state index in [1.165, 1.54) is 0 Å². The smallest absolute Gasteiger partial charge is 0.124 e. The van der Waals surface area contributed by atoms with Crippen molar-refractivity contribution in [3.63, 3.8) is 0 Å². The third kappa shape index (κ3) is 3.39. The summed E-state index contributed by atoms with van der Waals surface area (Å²) in [6.07, 6.45) is 2.78. The quantitative estimate of drug-likeness (QED) is 0.484. The second-order valence-corrected chi connectivity index (χ2v) is 5.10. The average Bonchev–Trinajstić information content (AvgIpc) is 2.26. The highest BCUT2D eigenvalue weighted by Gasteiger charge is 2.11. The molecule has 0 saturated heterocycles. The molecule has 0 spiro atoms. The van der Waals surface area contributed by atoms with Crippen LogP contribution in [0, 0.1) is 11.3 Å². The van der Waals surface area contributed by atoms with Crippen molar-refractivity contribution in [1.82, 2.24) is 4.98 Å². The van der Waals surface area contributed by atoms with Gasteiger partial charge in [0, 0.05) is 17.5 Å². The largest absolute Gasteiger partial charge is 0.384 e. The van der Waals surface area contributed by atoms with Gasteiger partial charge in [0.25, 0.3) is 0 Å². The number of nitrogens with zero attached hydrogens (tertiary/aromatic N) is 1. The van der Waals surface area contributed by atoms with Gasteiger partial charge in [-0.25, -0.2) is 4.98 Å². The second-order valence-electron chi connectivity index (χ2n) is 3.72. The Morgan fingerprint density at radius 1 is 1.69 bits per heavy atom. The van der Waals surface area contributed by atoms with Gasteiger partial charge in [0.2, 0.25) is 0 Å². The summed E-state index contributed by atoms with van der Waals surface area (Å²) in [4.78, 5) is 4.21. The SMILES string of the molecule is CCC(C)CSc1nccc(C(=N)N)c1Cl. The van der Waals surface area contributed by atoms with Crippen LogP contribution in [0.3, 0.4) is 0 Å². The Morgan fingerprint density at radius 3 is 2.94 bits per heavy atom. The normalized spacial score (nSPS) is 12.4. The molecule has 1 rings (SSSR count). The lowest BCUT2D eigenvalue weighted by Crippen LogP contribution is -2.12. The Kier molecular flexibility index (Phi) is 5.09. The molecule has 3 nitrogen and oxygen atoms in total. The summed E-state index contributed by atoms with van der Waals surface area (Å²) in [6.45, 7) is 4.35. The number of nitrogens with two attached hydrogens (primary N) is 1. The van der Waals surface area contributed by atoms with Crippen LogP contribution in [0.5, 0.6) is 0 Å². The number of aromatic nitrogens is 1. The zero-order chi connectivity index (χ0) is 12.1. The lowest BCUT2D eigenvalue weighted by atomic mass is 10.2. The van der Waals surface area contributed by atoms with Crippen LogP contribution in [-0.4, -0.2) is 16.6 Å². The molecular weight excluding hydrogens is 242 g/mol. The van der Waals surface area contributed by atoms with Crippen LogP contribution in [0.15, 0.2) is 17.3 Å².